The standard InChI is InChI=1S/C15H17FN2O2S/c16-13-6-1-2-7-14(13)18-15(19)17-8-4-10-21-11-12-5-3-9-20-12/h1-3,5-7,9H,4,8,10-11H2,(H2,17,18,19). The monoisotopic (exact) mass is 308 g/mol. The molecule has 2 aromatic rings. The van der Waals surface area contributed by atoms with Crippen LogP contribution in [0.4, 0.5) is 14.9 Å². The summed E-state index contributed by atoms with van der Waals surface area (Å²) in [5, 5.41) is 5.18. The molecule has 112 valence electrons. The summed E-state index contributed by atoms with van der Waals surface area (Å²) in [4.78, 5) is 11.6. The fourth-order valence-corrected chi connectivity index (χ4v) is 2.53. The predicted molar refractivity (Wildman–Crippen MR) is 82.9 cm³/mol. The van der Waals surface area contributed by atoms with Crippen molar-refractivity contribution < 1.29 is 13.6 Å². The van der Waals surface area contributed by atoms with Crippen LogP contribution in [-0.2, 0) is 5.75 Å². The van der Waals surface area contributed by atoms with Gasteiger partial charge in [-0.15, -0.1) is 0 Å². The van der Waals surface area contributed by atoms with Crippen LogP contribution in [0.15, 0.2) is 47.1 Å². The molecule has 2 rings (SSSR count). The number of carbonyl (C=O) groups is 1. The van der Waals surface area contributed by atoms with Crippen molar-refractivity contribution in [1.82, 2.24) is 5.32 Å². The predicted octanol–water partition coefficient (Wildman–Crippen LogP) is 3.86. The summed E-state index contributed by atoms with van der Waals surface area (Å²) < 4.78 is 18.5. The number of furan rings is 1. The van der Waals surface area contributed by atoms with E-state index < -0.39 is 11.8 Å². The first-order valence-corrected chi connectivity index (χ1v) is 7.80. The van der Waals surface area contributed by atoms with Crippen LogP contribution in [0.5, 0.6) is 0 Å². The van der Waals surface area contributed by atoms with Crippen molar-refractivity contribution in [3.63, 3.8) is 0 Å². The van der Waals surface area contributed by atoms with Gasteiger partial charge in [0, 0.05) is 6.54 Å². The lowest BCUT2D eigenvalue weighted by Gasteiger charge is -2.08. The quantitative estimate of drug-likeness (QED) is 0.764. The highest BCUT2D eigenvalue weighted by Crippen LogP contribution is 2.13. The molecule has 2 N–H and O–H groups in total. The van der Waals surface area contributed by atoms with Gasteiger partial charge in [-0.3, -0.25) is 0 Å². The van der Waals surface area contributed by atoms with Crippen molar-refractivity contribution >= 4 is 23.5 Å². The molecule has 1 heterocycles. The Morgan fingerprint density at radius 3 is 2.86 bits per heavy atom. The third kappa shape index (κ3) is 5.51. The van der Waals surface area contributed by atoms with Gasteiger partial charge in [-0.25, -0.2) is 9.18 Å². The Kier molecular flexibility index (Phi) is 6.15. The van der Waals surface area contributed by atoms with Gasteiger partial charge >= 0.3 is 6.03 Å². The van der Waals surface area contributed by atoms with Crippen LogP contribution in [0.2, 0.25) is 0 Å². The van der Waals surface area contributed by atoms with Gasteiger partial charge < -0.3 is 15.1 Å². The first-order valence-electron chi connectivity index (χ1n) is 6.65. The summed E-state index contributed by atoms with van der Waals surface area (Å²) in [7, 11) is 0. The summed E-state index contributed by atoms with van der Waals surface area (Å²) in [6.45, 7) is 0.547. The van der Waals surface area contributed by atoms with Gasteiger partial charge in [0.25, 0.3) is 0 Å². The summed E-state index contributed by atoms with van der Waals surface area (Å²) in [5.41, 5.74) is 0.183. The van der Waals surface area contributed by atoms with Crippen molar-refractivity contribution in [1.29, 1.82) is 0 Å². The zero-order chi connectivity index (χ0) is 14.9. The normalized spacial score (nSPS) is 10.3. The van der Waals surface area contributed by atoms with Crippen LogP contribution in [0.1, 0.15) is 12.2 Å². The Hall–Kier alpha value is -1.95. The lowest BCUT2D eigenvalue weighted by Crippen LogP contribution is -2.30. The number of rotatable bonds is 7. The zero-order valence-electron chi connectivity index (χ0n) is 11.5. The van der Waals surface area contributed by atoms with E-state index in [0.717, 1.165) is 23.7 Å². The van der Waals surface area contributed by atoms with Crippen LogP contribution in [0.25, 0.3) is 0 Å². The highest BCUT2D eigenvalue weighted by Gasteiger charge is 2.04. The minimum Gasteiger partial charge on any atom is -0.468 e. The topological polar surface area (TPSA) is 54.3 Å². The van der Waals surface area contributed by atoms with Crippen LogP contribution in [0, 0.1) is 5.82 Å². The zero-order valence-corrected chi connectivity index (χ0v) is 12.3. The maximum atomic E-state index is 13.3. The summed E-state index contributed by atoms with van der Waals surface area (Å²) >= 11 is 1.74. The van der Waals surface area contributed by atoms with Gasteiger partial charge in [-0.2, -0.15) is 11.8 Å². The van der Waals surface area contributed by atoms with E-state index in [-0.39, 0.29) is 5.69 Å². The van der Waals surface area contributed by atoms with Crippen molar-refractivity contribution in [2.75, 3.05) is 17.6 Å². The van der Waals surface area contributed by atoms with Crippen LogP contribution < -0.4 is 10.6 Å². The number of hydrogen-bond acceptors (Lipinski definition) is 3. The van der Waals surface area contributed by atoms with E-state index in [2.05, 4.69) is 10.6 Å². The van der Waals surface area contributed by atoms with Gasteiger partial charge in [0.15, 0.2) is 0 Å². The van der Waals surface area contributed by atoms with E-state index in [9.17, 15) is 9.18 Å². The van der Waals surface area contributed by atoms with Crippen LogP contribution in [0.3, 0.4) is 0 Å². The van der Waals surface area contributed by atoms with E-state index >= 15 is 0 Å². The van der Waals surface area contributed by atoms with E-state index in [1.807, 2.05) is 12.1 Å². The lowest BCUT2D eigenvalue weighted by atomic mass is 10.3. The highest BCUT2D eigenvalue weighted by atomic mass is 32.2. The number of hydrogen-bond donors (Lipinski definition) is 2. The second-order valence-corrected chi connectivity index (χ2v) is 5.45. The molecule has 1 aromatic heterocycles. The van der Waals surface area contributed by atoms with Crippen molar-refractivity contribution in [3.05, 3.63) is 54.2 Å². The van der Waals surface area contributed by atoms with Crippen molar-refractivity contribution in [2.24, 2.45) is 0 Å². The Morgan fingerprint density at radius 2 is 2.10 bits per heavy atom. The molecule has 0 spiro atoms. The Labute approximate surface area is 127 Å². The third-order valence-electron chi connectivity index (χ3n) is 2.70. The maximum absolute atomic E-state index is 13.3. The molecule has 0 radical (unpaired) electrons. The Bertz CT molecular complexity index is 561. The van der Waals surface area contributed by atoms with Crippen LogP contribution in [-0.4, -0.2) is 18.3 Å². The number of benzene rings is 1. The SMILES string of the molecule is O=C(NCCCSCc1ccco1)Nc1ccccc1F. The minimum atomic E-state index is -0.443. The molecule has 0 saturated heterocycles. The number of para-hydroxylation sites is 1. The molecular formula is C15H17FN2O2S. The fourth-order valence-electron chi connectivity index (χ4n) is 1.67. The van der Waals surface area contributed by atoms with Crippen molar-refractivity contribution in [2.45, 2.75) is 12.2 Å². The molecule has 0 unspecified atom stereocenters. The van der Waals surface area contributed by atoms with E-state index in [0.29, 0.717) is 6.54 Å². The second kappa shape index (κ2) is 8.36. The van der Waals surface area contributed by atoms with E-state index in [1.165, 1.54) is 12.1 Å². The van der Waals surface area contributed by atoms with Crippen LogP contribution >= 0.6 is 11.8 Å². The molecule has 0 bridgehead atoms. The molecule has 6 heteroatoms. The Morgan fingerprint density at radius 1 is 1.24 bits per heavy atom. The number of anilines is 1. The van der Waals surface area contributed by atoms with Crippen molar-refractivity contribution in [3.8, 4) is 0 Å². The molecule has 1 aromatic carbocycles. The van der Waals surface area contributed by atoms with Gasteiger partial charge in [0.05, 0.1) is 17.7 Å². The average Bonchev–Trinajstić information content (AvgIpc) is 2.98. The molecule has 0 aliphatic heterocycles. The molecule has 0 atom stereocenters. The van der Waals surface area contributed by atoms with E-state index in [1.54, 1.807) is 30.2 Å². The third-order valence-corrected chi connectivity index (χ3v) is 3.76. The summed E-state index contributed by atoms with van der Waals surface area (Å²) in [6, 6.07) is 9.49. The summed E-state index contributed by atoms with van der Waals surface area (Å²) in [5.74, 6) is 2.25. The first-order chi connectivity index (χ1) is 10.3. The van der Waals surface area contributed by atoms with Gasteiger partial charge in [-0.05, 0) is 36.4 Å². The molecule has 0 fully saturated rings. The molecule has 0 aliphatic rings. The number of halogens is 1. The molecule has 21 heavy (non-hydrogen) atoms. The maximum Gasteiger partial charge on any atom is 0.319 e. The Balaban J connectivity index is 1.56. The minimum absolute atomic E-state index is 0.183. The molecule has 0 saturated carbocycles. The number of thioether (sulfide) groups is 1. The smallest absolute Gasteiger partial charge is 0.319 e. The largest absolute Gasteiger partial charge is 0.468 e. The van der Waals surface area contributed by atoms with Gasteiger partial charge in [-0.1, -0.05) is 12.1 Å². The number of nitrogens with one attached hydrogen (secondary N) is 2. The highest BCUT2D eigenvalue weighted by molar-refractivity contribution is 7.98. The molecule has 4 nitrogen and oxygen atoms in total. The van der Waals surface area contributed by atoms with Gasteiger partial charge in [0.2, 0.25) is 0 Å². The number of carbonyl (C=O) groups excluding carboxylic acids is 1. The average molecular weight is 308 g/mol. The number of amides is 2. The number of urea groups is 1. The van der Waals surface area contributed by atoms with Gasteiger partial charge in [0.1, 0.15) is 11.6 Å². The second-order valence-electron chi connectivity index (χ2n) is 4.35. The molecule has 2 amide bonds. The lowest BCUT2D eigenvalue weighted by molar-refractivity contribution is 0.252. The van der Waals surface area contributed by atoms with E-state index in [4.69, 9.17) is 4.42 Å². The molecule has 0 aliphatic carbocycles. The fraction of sp³-hybridized carbons (Fsp3) is 0.267. The summed E-state index contributed by atoms with van der Waals surface area (Å²) in [6.07, 6.45) is 2.50. The molecular weight excluding hydrogens is 291 g/mol. The first kappa shape index (κ1) is 15.4.